The summed E-state index contributed by atoms with van der Waals surface area (Å²) in [7, 11) is 0. The lowest BCUT2D eigenvalue weighted by molar-refractivity contribution is -0.176. The predicted octanol–water partition coefficient (Wildman–Crippen LogP) is 4.43. The molecule has 11 heteroatoms. The van der Waals surface area contributed by atoms with E-state index in [9.17, 15) is 24.3 Å². The molecule has 242 valence electrons. The molecule has 0 bridgehead atoms. The molecule has 2 aromatic rings. The average molecular weight is 641 g/mol. The number of carbonyl (C=O) groups excluding carboxylic acids is 4. The average Bonchev–Trinajstić information content (AvgIpc) is 3.81. The number of rotatable bonds is 7. The molecule has 0 saturated carbocycles. The number of aromatic hydroxyl groups is 1. The van der Waals surface area contributed by atoms with Gasteiger partial charge in [0, 0.05) is 25.3 Å². The van der Waals surface area contributed by atoms with E-state index < -0.39 is 47.9 Å². The van der Waals surface area contributed by atoms with Crippen LogP contribution >= 0.6 is 11.6 Å². The second kappa shape index (κ2) is 15.4. The quantitative estimate of drug-likeness (QED) is 0.298. The van der Waals surface area contributed by atoms with Gasteiger partial charge in [0.15, 0.2) is 6.10 Å². The third kappa shape index (κ3) is 9.55. The van der Waals surface area contributed by atoms with Crippen LogP contribution in [0.4, 0.5) is 0 Å². The van der Waals surface area contributed by atoms with Crippen LogP contribution in [0.2, 0.25) is 5.02 Å². The van der Waals surface area contributed by atoms with Crippen LogP contribution in [-0.2, 0) is 39.8 Å². The monoisotopic (exact) mass is 640 g/mol. The minimum Gasteiger partial charge on any atom is -0.506 e. The van der Waals surface area contributed by atoms with Crippen molar-refractivity contribution in [3.63, 3.8) is 0 Å². The van der Waals surface area contributed by atoms with E-state index in [1.54, 1.807) is 19.1 Å². The minimum atomic E-state index is -1.14. The van der Waals surface area contributed by atoms with Crippen LogP contribution < -0.4 is 10.6 Å². The molecule has 1 saturated heterocycles. The van der Waals surface area contributed by atoms with Crippen molar-refractivity contribution >= 4 is 35.4 Å². The van der Waals surface area contributed by atoms with Gasteiger partial charge < -0.3 is 30.0 Å². The molecule has 0 aliphatic carbocycles. The van der Waals surface area contributed by atoms with E-state index in [1.165, 1.54) is 18.2 Å². The Balaban J connectivity index is 1.58. The lowest BCUT2D eigenvalue weighted by atomic mass is 9.93. The van der Waals surface area contributed by atoms with Crippen molar-refractivity contribution in [2.24, 2.45) is 17.8 Å². The predicted molar refractivity (Wildman–Crippen MR) is 167 cm³/mol. The van der Waals surface area contributed by atoms with Gasteiger partial charge in [0.2, 0.25) is 11.8 Å². The fraction of sp³-hybridized carbons (Fsp3) is 0.471. The summed E-state index contributed by atoms with van der Waals surface area (Å²) in [6, 6.07) is 13.3. The first-order chi connectivity index (χ1) is 21.4. The third-order valence-electron chi connectivity index (χ3n) is 7.94. The number of phenolic OH excluding ortho intramolecular Hbond substituents is 1. The fourth-order valence-electron chi connectivity index (χ4n) is 5.23. The Morgan fingerprint density at radius 1 is 1.00 bits per heavy atom. The van der Waals surface area contributed by atoms with E-state index in [-0.39, 0.29) is 60.6 Å². The largest absolute Gasteiger partial charge is 0.506 e. The molecule has 0 radical (unpaired) electrons. The van der Waals surface area contributed by atoms with Gasteiger partial charge in [-0.1, -0.05) is 81.8 Å². The number of amides is 2. The molecule has 2 unspecified atom stereocenters. The highest BCUT2D eigenvalue weighted by Crippen LogP contribution is 2.45. The Kier molecular flexibility index (Phi) is 11.6. The Bertz CT molecular complexity index is 1400. The first-order valence-corrected chi connectivity index (χ1v) is 15.6. The maximum atomic E-state index is 13.4. The molecule has 2 aliphatic rings. The van der Waals surface area contributed by atoms with E-state index in [1.807, 2.05) is 51.1 Å². The first kappa shape index (κ1) is 34.0. The van der Waals surface area contributed by atoms with Crippen LogP contribution in [0.15, 0.2) is 60.7 Å². The van der Waals surface area contributed by atoms with Crippen molar-refractivity contribution in [2.75, 3.05) is 6.54 Å². The molecule has 0 aromatic heterocycles. The van der Waals surface area contributed by atoms with Gasteiger partial charge in [-0.05, 0) is 41.7 Å². The zero-order valence-corrected chi connectivity index (χ0v) is 26.7. The number of cyclic esters (lactones) is 2. The second-order valence-electron chi connectivity index (χ2n) is 12.2. The van der Waals surface area contributed by atoms with Crippen LogP contribution in [0.3, 0.4) is 0 Å². The summed E-state index contributed by atoms with van der Waals surface area (Å²) < 4.78 is 17.6. The van der Waals surface area contributed by atoms with E-state index in [4.69, 9.17) is 25.8 Å². The van der Waals surface area contributed by atoms with Gasteiger partial charge in [-0.15, -0.1) is 0 Å². The van der Waals surface area contributed by atoms with E-state index in [0.717, 1.165) is 5.56 Å². The summed E-state index contributed by atoms with van der Waals surface area (Å²) >= 11 is 6.06. The van der Waals surface area contributed by atoms with Gasteiger partial charge in [0.1, 0.15) is 24.0 Å². The summed E-state index contributed by atoms with van der Waals surface area (Å²) in [6.07, 6.45) is 1.24. The number of esters is 2. The molecular formula is C34H41ClN2O8. The molecule has 2 aromatic carbocycles. The van der Waals surface area contributed by atoms with Gasteiger partial charge in [0.05, 0.1) is 17.0 Å². The zero-order valence-electron chi connectivity index (χ0n) is 25.9. The van der Waals surface area contributed by atoms with Crippen molar-refractivity contribution in [3.05, 3.63) is 76.8 Å². The number of hydrogen-bond donors (Lipinski definition) is 3. The maximum absolute atomic E-state index is 13.4. The Hall–Kier alpha value is -3.89. The first-order valence-electron chi connectivity index (χ1n) is 15.3. The fourth-order valence-corrected chi connectivity index (χ4v) is 5.43. The highest BCUT2D eigenvalue weighted by molar-refractivity contribution is 6.32. The van der Waals surface area contributed by atoms with Crippen molar-refractivity contribution in [3.8, 4) is 5.75 Å². The summed E-state index contributed by atoms with van der Waals surface area (Å²) in [5.74, 6) is -3.49. The number of benzene rings is 2. The van der Waals surface area contributed by atoms with Crippen LogP contribution in [0.1, 0.15) is 57.8 Å². The standard InChI is InChI=1S/C34H41ClN2O8/c1-19(2)15-28-34(42)43-27(21(4)30-31(45-30)23-9-6-5-7-10-23)11-8-12-29(39)37-25(17-22-13-14-26(38)24(35)16-22)32(40)36-18-20(3)33(41)44-28/h5-10,12-14,16,19-21,25,27-28,30-31,38H,11,15,17-18H2,1-4H3,(H,36,40)(H,37,39)/b12-8+/t20-,21+,25?,27?,28+,30-,31-/m1/s1. The van der Waals surface area contributed by atoms with Crippen molar-refractivity contribution in [1.29, 1.82) is 0 Å². The molecule has 0 spiro atoms. The Labute approximate surface area is 268 Å². The molecule has 10 nitrogen and oxygen atoms in total. The van der Waals surface area contributed by atoms with E-state index in [0.29, 0.717) is 5.56 Å². The molecular weight excluding hydrogens is 600 g/mol. The number of carbonyl (C=O) groups is 4. The van der Waals surface area contributed by atoms with Gasteiger partial charge in [-0.3, -0.25) is 14.4 Å². The lowest BCUT2D eigenvalue weighted by Gasteiger charge is -2.27. The summed E-state index contributed by atoms with van der Waals surface area (Å²) in [5, 5.41) is 15.3. The van der Waals surface area contributed by atoms with Crippen LogP contribution in [0.5, 0.6) is 5.75 Å². The smallest absolute Gasteiger partial charge is 0.347 e. The number of ether oxygens (including phenoxy) is 3. The minimum absolute atomic E-state index is 0.0267. The Morgan fingerprint density at radius 2 is 1.73 bits per heavy atom. The molecule has 4 rings (SSSR count). The van der Waals surface area contributed by atoms with Crippen LogP contribution in [0.25, 0.3) is 0 Å². The Morgan fingerprint density at radius 3 is 2.42 bits per heavy atom. The molecule has 3 N–H and O–H groups in total. The number of epoxide rings is 1. The van der Waals surface area contributed by atoms with Crippen molar-refractivity contribution in [2.45, 2.75) is 77.4 Å². The van der Waals surface area contributed by atoms with Crippen molar-refractivity contribution < 1.29 is 38.5 Å². The molecule has 1 fully saturated rings. The highest BCUT2D eigenvalue weighted by atomic mass is 35.5. The highest BCUT2D eigenvalue weighted by Gasteiger charge is 2.47. The molecule has 2 amide bonds. The van der Waals surface area contributed by atoms with Gasteiger partial charge in [0.25, 0.3) is 0 Å². The lowest BCUT2D eigenvalue weighted by Crippen LogP contribution is -2.49. The summed E-state index contributed by atoms with van der Waals surface area (Å²) in [4.78, 5) is 52.7. The summed E-state index contributed by atoms with van der Waals surface area (Å²) in [5.41, 5.74) is 1.63. The molecule has 45 heavy (non-hydrogen) atoms. The topological polar surface area (TPSA) is 144 Å². The number of nitrogens with one attached hydrogen (secondary N) is 2. The summed E-state index contributed by atoms with van der Waals surface area (Å²) in [6.45, 7) is 7.24. The zero-order chi connectivity index (χ0) is 32.7. The second-order valence-corrected chi connectivity index (χ2v) is 12.6. The van der Waals surface area contributed by atoms with E-state index in [2.05, 4.69) is 10.6 Å². The molecule has 2 heterocycles. The SMILES string of the molecule is CC(C)C[C@@H]1OC(=O)[C@H](C)CNC(=O)C(Cc2ccc(O)c(Cl)c2)NC(=O)/C=C/CC([C@H](C)[C@H]2O[C@@H]2c2ccccc2)OC1=O. The van der Waals surface area contributed by atoms with Crippen LogP contribution in [-0.4, -0.2) is 59.8 Å². The number of halogens is 1. The normalized spacial score (nSPS) is 28.0. The van der Waals surface area contributed by atoms with Gasteiger partial charge in [-0.2, -0.15) is 0 Å². The van der Waals surface area contributed by atoms with Crippen molar-refractivity contribution in [1.82, 2.24) is 10.6 Å². The maximum Gasteiger partial charge on any atom is 0.347 e. The number of phenols is 1. The van der Waals surface area contributed by atoms with Gasteiger partial charge >= 0.3 is 11.9 Å². The van der Waals surface area contributed by atoms with Crippen LogP contribution in [0, 0.1) is 17.8 Å². The molecule has 7 atom stereocenters. The van der Waals surface area contributed by atoms with Gasteiger partial charge in [-0.25, -0.2) is 4.79 Å². The molecule has 2 aliphatic heterocycles. The number of hydrogen-bond acceptors (Lipinski definition) is 8. The third-order valence-corrected chi connectivity index (χ3v) is 8.24. The van der Waals surface area contributed by atoms with E-state index >= 15 is 0 Å².